The third-order valence-electron chi connectivity index (χ3n) is 5.11. The summed E-state index contributed by atoms with van der Waals surface area (Å²) in [4.78, 5) is 25.9. The first kappa shape index (κ1) is 26.2. The highest BCUT2D eigenvalue weighted by molar-refractivity contribution is 7.80. The van der Waals surface area contributed by atoms with Crippen molar-refractivity contribution in [3.8, 4) is 11.3 Å². The molecule has 0 unspecified atom stereocenters. The van der Waals surface area contributed by atoms with E-state index in [1.807, 2.05) is 45.9 Å². The standard InChI is InChI=1S/C26H23Cl2N3O3S2/c1-13-8-9-14(12-16(13)27)18-10-11-19(34-18)23(32)30-25(35)29-17-7-5-6-15-20(28)22(36-21(15)17)24(33)31-26(2,3)4/h5-12H,1-4H3,(H,31,33)(H2,29,30,32,35). The Labute approximate surface area is 228 Å². The molecular formula is C26H23Cl2N3O3S2. The molecule has 2 heterocycles. The van der Waals surface area contributed by atoms with Crippen molar-refractivity contribution in [2.75, 3.05) is 5.32 Å². The van der Waals surface area contributed by atoms with Gasteiger partial charge < -0.3 is 15.1 Å². The summed E-state index contributed by atoms with van der Waals surface area (Å²) in [5, 5.41) is 10.4. The van der Waals surface area contributed by atoms with Crippen LogP contribution in [0.5, 0.6) is 0 Å². The lowest BCUT2D eigenvalue weighted by Gasteiger charge is -2.19. The zero-order valence-electron chi connectivity index (χ0n) is 19.9. The molecule has 2 aromatic carbocycles. The van der Waals surface area contributed by atoms with Crippen LogP contribution in [0, 0.1) is 6.92 Å². The Hall–Kier alpha value is -2.91. The Morgan fingerprint density at radius 3 is 2.47 bits per heavy atom. The third-order valence-corrected chi connectivity index (χ3v) is 7.46. The van der Waals surface area contributed by atoms with E-state index in [1.54, 1.807) is 30.3 Å². The van der Waals surface area contributed by atoms with Gasteiger partial charge in [-0.25, -0.2) is 0 Å². The van der Waals surface area contributed by atoms with Crippen LogP contribution in [0.25, 0.3) is 21.4 Å². The molecular weight excluding hydrogens is 537 g/mol. The quantitative estimate of drug-likeness (QED) is 0.226. The lowest BCUT2D eigenvalue weighted by Crippen LogP contribution is -2.40. The number of furan rings is 1. The maximum atomic E-state index is 12.7. The van der Waals surface area contributed by atoms with Crippen molar-refractivity contribution in [3.63, 3.8) is 0 Å². The van der Waals surface area contributed by atoms with Crippen LogP contribution in [0.2, 0.25) is 10.0 Å². The molecule has 2 aromatic heterocycles. The molecule has 0 bridgehead atoms. The van der Waals surface area contributed by atoms with E-state index in [0.29, 0.717) is 31.8 Å². The van der Waals surface area contributed by atoms with E-state index >= 15 is 0 Å². The number of anilines is 1. The molecule has 6 nitrogen and oxygen atoms in total. The van der Waals surface area contributed by atoms with Gasteiger partial charge in [-0.1, -0.05) is 47.5 Å². The van der Waals surface area contributed by atoms with Gasteiger partial charge >= 0.3 is 0 Å². The van der Waals surface area contributed by atoms with Crippen LogP contribution in [0.3, 0.4) is 0 Å². The maximum absolute atomic E-state index is 12.7. The monoisotopic (exact) mass is 559 g/mol. The van der Waals surface area contributed by atoms with Crippen LogP contribution < -0.4 is 16.0 Å². The molecule has 4 rings (SSSR count). The van der Waals surface area contributed by atoms with Crippen molar-refractivity contribution >= 4 is 79.5 Å². The molecule has 0 atom stereocenters. The first-order valence-corrected chi connectivity index (χ1v) is 12.9. The predicted molar refractivity (Wildman–Crippen MR) is 152 cm³/mol. The topological polar surface area (TPSA) is 83.4 Å². The Bertz CT molecular complexity index is 1500. The zero-order valence-corrected chi connectivity index (χ0v) is 23.1. The van der Waals surface area contributed by atoms with Gasteiger partial charge in [0.1, 0.15) is 10.6 Å². The number of hydrogen-bond acceptors (Lipinski definition) is 5. The number of carbonyl (C=O) groups is 2. The summed E-state index contributed by atoms with van der Waals surface area (Å²) in [5.74, 6) is -0.137. The van der Waals surface area contributed by atoms with Crippen LogP contribution in [0.1, 0.15) is 46.6 Å². The van der Waals surface area contributed by atoms with E-state index in [4.69, 9.17) is 39.8 Å². The fraction of sp³-hybridized carbons (Fsp3) is 0.192. The number of fused-ring (bicyclic) bond motifs is 1. The molecule has 0 saturated carbocycles. The Morgan fingerprint density at radius 2 is 1.78 bits per heavy atom. The number of carbonyl (C=O) groups excluding carboxylic acids is 2. The van der Waals surface area contributed by atoms with E-state index in [9.17, 15) is 9.59 Å². The number of amides is 2. The number of thiocarbonyl (C=S) groups is 1. The molecule has 0 saturated heterocycles. The second-order valence-electron chi connectivity index (χ2n) is 9.17. The van der Waals surface area contributed by atoms with E-state index in [-0.39, 0.29) is 16.8 Å². The molecule has 0 fully saturated rings. The smallest absolute Gasteiger partial charge is 0.293 e. The van der Waals surface area contributed by atoms with Crippen molar-refractivity contribution in [3.05, 3.63) is 74.8 Å². The largest absolute Gasteiger partial charge is 0.451 e. The van der Waals surface area contributed by atoms with E-state index in [2.05, 4.69) is 16.0 Å². The number of aryl methyl sites for hydroxylation is 1. The molecule has 3 N–H and O–H groups in total. The second kappa shape index (κ2) is 10.2. The molecule has 0 aliphatic heterocycles. The van der Waals surface area contributed by atoms with E-state index < -0.39 is 11.4 Å². The molecule has 0 aliphatic carbocycles. The summed E-state index contributed by atoms with van der Waals surface area (Å²) in [7, 11) is 0. The molecule has 36 heavy (non-hydrogen) atoms. The predicted octanol–water partition coefficient (Wildman–Crippen LogP) is 7.43. The number of thiophene rings is 1. The average molecular weight is 561 g/mol. The van der Waals surface area contributed by atoms with Gasteiger partial charge in [-0.3, -0.25) is 14.9 Å². The lowest BCUT2D eigenvalue weighted by molar-refractivity contribution is 0.0921. The normalized spacial score (nSPS) is 11.4. The summed E-state index contributed by atoms with van der Waals surface area (Å²) >= 11 is 19.3. The number of benzene rings is 2. The van der Waals surface area contributed by atoms with Gasteiger partial charge in [0.15, 0.2) is 10.9 Å². The minimum Gasteiger partial charge on any atom is -0.451 e. The van der Waals surface area contributed by atoms with Gasteiger partial charge in [0.25, 0.3) is 11.8 Å². The van der Waals surface area contributed by atoms with Crippen molar-refractivity contribution < 1.29 is 14.0 Å². The minimum absolute atomic E-state index is 0.0778. The van der Waals surface area contributed by atoms with Gasteiger partial charge in [0.2, 0.25) is 0 Å². The SMILES string of the molecule is Cc1ccc(-c2ccc(C(=O)NC(=S)Nc3cccc4c(Cl)c(C(=O)NC(C)(C)C)sc34)o2)cc1Cl. The van der Waals surface area contributed by atoms with Gasteiger partial charge in [-0.2, -0.15) is 0 Å². The van der Waals surface area contributed by atoms with E-state index in [1.165, 1.54) is 11.3 Å². The summed E-state index contributed by atoms with van der Waals surface area (Å²) in [5.41, 5.74) is 1.93. The van der Waals surface area contributed by atoms with Crippen molar-refractivity contribution in [2.45, 2.75) is 33.2 Å². The number of hydrogen-bond donors (Lipinski definition) is 3. The average Bonchev–Trinajstić information content (AvgIpc) is 3.41. The van der Waals surface area contributed by atoms with Crippen LogP contribution >= 0.6 is 46.8 Å². The molecule has 4 aromatic rings. The lowest BCUT2D eigenvalue weighted by atomic mass is 10.1. The Kier molecular flexibility index (Phi) is 7.43. The van der Waals surface area contributed by atoms with Gasteiger partial charge in [-0.15, -0.1) is 11.3 Å². The van der Waals surface area contributed by atoms with Crippen molar-refractivity contribution in [2.24, 2.45) is 0 Å². The van der Waals surface area contributed by atoms with Crippen LogP contribution in [0.4, 0.5) is 5.69 Å². The van der Waals surface area contributed by atoms with Crippen molar-refractivity contribution in [1.82, 2.24) is 10.6 Å². The molecule has 0 spiro atoms. The maximum Gasteiger partial charge on any atom is 0.293 e. The summed E-state index contributed by atoms with van der Waals surface area (Å²) < 4.78 is 6.46. The number of halogens is 2. The molecule has 0 radical (unpaired) electrons. The highest BCUT2D eigenvalue weighted by Crippen LogP contribution is 2.39. The molecule has 2 amide bonds. The second-order valence-corrected chi connectivity index (χ2v) is 11.4. The fourth-order valence-electron chi connectivity index (χ4n) is 3.41. The van der Waals surface area contributed by atoms with Gasteiger partial charge in [0, 0.05) is 21.5 Å². The number of nitrogens with one attached hydrogen (secondary N) is 3. The van der Waals surface area contributed by atoms with Crippen molar-refractivity contribution in [1.29, 1.82) is 0 Å². The summed E-state index contributed by atoms with van der Waals surface area (Å²) in [6.45, 7) is 7.61. The summed E-state index contributed by atoms with van der Waals surface area (Å²) in [6, 6.07) is 14.2. The minimum atomic E-state index is -0.501. The summed E-state index contributed by atoms with van der Waals surface area (Å²) in [6.07, 6.45) is 0. The molecule has 10 heteroatoms. The van der Waals surface area contributed by atoms with E-state index in [0.717, 1.165) is 15.8 Å². The van der Waals surface area contributed by atoms with Crippen LogP contribution in [0.15, 0.2) is 52.9 Å². The Balaban J connectivity index is 1.49. The highest BCUT2D eigenvalue weighted by atomic mass is 35.5. The fourth-order valence-corrected chi connectivity index (χ4v) is 5.27. The first-order valence-electron chi connectivity index (χ1n) is 10.9. The van der Waals surface area contributed by atoms with Gasteiger partial charge in [0.05, 0.1) is 15.4 Å². The highest BCUT2D eigenvalue weighted by Gasteiger charge is 2.23. The molecule has 0 aliphatic rings. The Morgan fingerprint density at radius 1 is 1.03 bits per heavy atom. The first-order chi connectivity index (χ1) is 16.9. The third kappa shape index (κ3) is 5.73. The van der Waals surface area contributed by atoms with Crippen LogP contribution in [-0.4, -0.2) is 22.5 Å². The zero-order chi connectivity index (χ0) is 26.2. The van der Waals surface area contributed by atoms with Gasteiger partial charge in [-0.05, 0) is 69.7 Å². The molecule has 186 valence electrons. The number of rotatable bonds is 4. The van der Waals surface area contributed by atoms with Crippen LogP contribution in [-0.2, 0) is 0 Å².